The highest BCUT2D eigenvalue weighted by Crippen LogP contribution is 2.31. The molecule has 0 aliphatic carbocycles. The molecule has 0 aliphatic heterocycles. The monoisotopic (exact) mass is 264 g/mol. The first-order chi connectivity index (χ1) is 8.97. The number of nitrogens with two attached hydrogens (primary N) is 1. The van der Waals surface area contributed by atoms with Crippen LogP contribution in [-0.2, 0) is 0 Å². The molecule has 0 unspecified atom stereocenters. The summed E-state index contributed by atoms with van der Waals surface area (Å²) in [4.78, 5) is 17.3. The maximum atomic E-state index is 13.1. The number of hydrogen-bond donors (Lipinski definition) is 1. The van der Waals surface area contributed by atoms with Gasteiger partial charge >= 0.3 is 11.6 Å². The first kappa shape index (κ1) is 12.7. The van der Waals surface area contributed by atoms with Crippen molar-refractivity contribution in [3.05, 3.63) is 45.9 Å². The van der Waals surface area contributed by atoms with Crippen LogP contribution in [-0.4, -0.2) is 14.9 Å². The maximum Gasteiger partial charge on any atom is 0.349 e. The summed E-state index contributed by atoms with van der Waals surface area (Å²) in [6.07, 6.45) is 0.937. The SMILES string of the molecule is Cc1ccc(F)cc1Oc1nc(N)ncc1[N+](=O)[O-]. The molecule has 98 valence electrons. The van der Waals surface area contributed by atoms with Gasteiger partial charge < -0.3 is 10.5 Å². The third kappa shape index (κ3) is 2.73. The van der Waals surface area contributed by atoms with Crippen molar-refractivity contribution in [3.63, 3.8) is 0 Å². The minimum atomic E-state index is -0.705. The van der Waals surface area contributed by atoms with E-state index < -0.39 is 16.4 Å². The van der Waals surface area contributed by atoms with E-state index in [9.17, 15) is 14.5 Å². The van der Waals surface area contributed by atoms with Gasteiger partial charge in [-0.15, -0.1) is 0 Å². The molecule has 2 N–H and O–H groups in total. The van der Waals surface area contributed by atoms with Gasteiger partial charge in [-0.05, 0) is 18.6 Å². The van der Waals surface area contributed by atoms with E-state index >= 15 is 0 Å². The van der Waals surface area contributed by atoms with Gasteiger partial charge in [0.05, 0.1) is 4.92 Å². The lowest BCUT2D eigenvalue weighted by Gasteiger charge is -2.08. The number of anilines is 1. The third-order valence-electron chi connectivity index (χ3n) is 2.31. The number of nitro groups is 1. The molecule has 7 nitrogen and oxygen atoms in total. The summed E-state index contributed by atoms with van der Waals surface area (Å²) >= 11 is 0. The Balaban J connectivity index is 2.45. The van der Waals surface area contributed by atoms with Crippen LogP contribution < -0.4 is 10.5 Å². The number of nitrogen functional groups attached to an aromatic ring is 1. The molecule has 0 amide bonds. The summed E-state index contributed by atoms with van der Waals surface area (Å²) in [5.74, 6) is -0.896. The molecular weight excluding hydrogens is 255 g/mol. The number of benzene rings is 1. The number of aromatic nitrogens is 2. The summed E-state index contributed by atoms with van der Waals surface area (Å²) in [7, 11) is 0. The molecule has 1 aromatic carbocycles. The third-order valence-corrected chi connectivity index (χ3v) is 2.31. The van der Waals surface area contributed by atoms with Crippen LogP contribution in [0.2, 0.25) is 0 Å². The summed E-state index contributed by atoms with van der Waals surface area (Å²) in [5, 5.41) is 10.8. The predicted octanol–water partition coefficient (Wildman–Crippen LogP) is 2.21. The largest absolute Gasteiger partial charge is 0.433 e. The Morgan fingerprint density at radius 3 is 2.89 bits per heavy atom. The van der Waals surface area contributed by atoms with Crippen molar-refractivity contribution < 1.29 is 14.1 Å². The molecule has 0 spiro atoms. The van der Waals surface area contributed by atoms with Crippen molar-refractivity contribution >= 4 is 11.6 Å². The Morgan fingerprint density at radius 2 is 2.21 bits per heavy atom. The average molecular weight is 264 g/mol. The first-order valence-electron chi connectivity index (χ1n) is 5.18. The van der Waals surface area contributed by atoms with E-state index in [4.69, 9.17) is 10.5 Å². The van der Waals surface area contributed by atoms with E-state index in [2.05, 4.69) is 9.97 Å². The van der Waals surface area contributed by atoms with Crippen LogP contribution >= 0.6 is 0 Å². The van der Waals surface area contributed by atoms with Gasteiger partial charge in [0.1, 0.15) is 17.8 Å². The summed E-state index contributed by atoms with van der Waals surface area (Å²) in [6, 6.07) is 3.85. The number of halogens is 1. The molecule has 0 radical (unpaired) electrons. The summed E-state index contributed by atoms with van der Waals surface area (Å²) < 4.78 is 18.4. The van der Waals surface area contributed by atoms with Crippen molar-refractivity contribution in [1.82, 2.24) is 9.97 Å². The molecule has 8 heteroatoms. The van der Waals surface area contributed by atoms with Crippen LogP contribution in [0.25, 0.3) is 0 Å². The van der Waals surface area contributed by atoms with E-state index in [1.54, 1.807) is 6.92 Å². The topological polar surface area (TPSA) is 104 Å². The summed E-state index contributed by atoms with van der Waals surface area (Å²) in [6.45, 7) is 1.67. The van der Waals surface area contributed by atoms with Gasteiger partial charge in [0.25, 0.3) is 0 Å². The van der Waals surface area contributed by atoms with Crippen LogP contribution in [0.5, 0.6) is 11.6 Å². The van der Waals surface area contributed by atoms with Gasteiger partial charge in [0.2, 0.25) is 5.95 Å². The lowest BCUT2D eigenvalue weighted by atomic mass is 10.2. The van der Waals surface area contributed by atoms with E-state index in [-0.39, 0.29) is 17.6 Å². The van der Waals surface area contributed by atoms with Crippen LogP contribution in [0, 0.1) is 22.9 Å². The van der Waals surface area contributed by atoms with Gasteiger partial charge in [-0.3, -0.25) is 10.1 Å². The Hall–Kier alpha value is -2.77. The second-order valence-corrected chi connectivity index (χ2v) is 3.69. The highest BCUT2D eigenvalue weighted by molar-refractivity contribution is 5.45. The fourth-order valence-corrected chi connectivity index (χ4v) is 1.36. The molecule has 0 saturated heterocycles. The van der Waals surface area contributed by atoms with Crippen molar-refractivity contribution in [1.29, 1.82) is 0 Å². The minimum Gasteiger partial charge on any atom is -0.433 e. The maximum absolute atomic E-state index is 13.1. The van der Waals surface area contributed by atoms with Crippen molar-refractivity contribution in [3.8, 4) is 11.6 Å². The van der Waals surface area contributed by atoms with Crippen molar-refractivity contribution in [2.75, 3.05) is 5.73 Å². The fourth-order valence-electron chi connectivity index (χ4n) is 1.36. The Bertz CT molecular complexity index is 648. The minimum absolute atomic E-state index is 0.126. The van der Waals surface area contributed by atoms with Gasteiger partial charge in [0.15, 0.2) is 0 Å². The number of rotatable bonds is 3. The quantitative estimate of drug-likeness (QED) is 0.673. The van der Waals surface area contributed by atoms with E-state index in [0.717, 1.165) is 12.3 Å². The molecular formula is C11H9FN4O3. The zero-order valence-corrected chi connectivity index (χ0v) is 9.83. The van der Waals surface area contributed by atoms with E-state index in [1.807, 2.05) is 0 Å². The van der Waals surface area contributed by atoms with E-state index in [0.29, 0.717) is 5.56 Å². The zero-order chi connectivity index (χ0) is 14.0. The summed E-state index contributed by atoms with van der Waals surface area (Å²) in [5.41, 5.74) is 5.51. The number of ether oxygens (including phenoxy) is 1. The lowest BCUT2D eigenvalue weighted by Crippen LogP contribution is -2.02. The van der Waals surface area contributed by atoms with Crippen LogP contribution in [0.3, 0.4) is 0 Å². The molecule has 2 rings (SSSR count). The average Bonchev–Trinajstić information content (AvgIpc) is 2.33. The Morgan fingerprint density at radius 1 is 1.47 bits per heavy atom. The normalized spacial score (nSPS) is 10.2. The molecule has 0 bridgehead atoms. The highest BCUT2D eigenvalue weighted by Gasteiger charge is 2.19. The second-order valence-electron chi connectivity index (χ2n) is 3.69. The predicted molar refractivity (Wildman–Crippen MR) is 64.3 cm³/mol. The van der Waals surface area contributed by atoms with Crippen LogP contribution in [0.15, 0.2) is 24.4 Å². The Kier molecular flexibility index (Phi) is 3.23. The molecule has 0 saturated carbocycles. The smallest absolute Gasteiger partial charge is 0.349 e. The molecule has 1 aromatic heterocycles. The van der Waals surface area contributed by atoms with Crippen molar-refractivity contribution in [2.45, 2.75) is 6.92 Å². The van der Waals surface area contributed by atoms with Gasteiger partial charge in [-0.1, -0.05) is 6.07 Å². The molecule has 0 aliphatic rings. The highest BCUT2D eigenvalue weighted by atomic mass is 19.1. The standard InChI is InChI=1S/C11H9FN4O3/c1-6-2-3-7(12)4-9(6)19-10-8(16(17)18)5-14-11(13)15-10/h2-5H,1H3,(H2,13,14,15). The van der Waals surface area contributed by atoms with Gasteiger partial charge in [-0.25, -0.2) is 9.37 Å². The van der Waals surface area contributed by atoms with Crippen LogP contribution in [0.4, 0.5) is 16.0 Å². The van der Waals surface area contributed by atoms with Crippen molar-refractivity contribution in [2.24, 2.45) is 0 Å². The molecule has 0 atom stereocenters. The number of nitrogens with zero attached hydrogens (tertiary/aromatic N) is 3. The zero-order valence-electron chi connectivity index (χ0n) is 9.83. The van der Waals surface area contributed by atoms with Gasteiger partial charge in [0, 0.05) is 6.07 Å². The van der Waals surface area contributed by atoms with Gasteiger partial charge in [-0.2, -0.15) is 4.98 Å². The lowest BCUT2D eigenvalue weighted by molar-refractivity contribution is -0.386. The molecule has 1 heterocycles. The molecule has 19 heavy (non-hydrogen) atoms. The second kappa shape index (κ2) is 4.84. The first-order valence-corrected chi connectivity index (χ1v) is 5.18. The molecule has 2 aromatic rings. The van der Waals surface area contributed by atoms with E-state index in [1.165, 1.54) is 12.1 Å². The fraction of sp³-hybridized carbons (Fsp3) is 0.0909. The van der Waals surface area contributed by atoms with Crippen LogP contribution in [0.1, 0.15) is 5.56 Å². The number of aryl methyl sites for hydroxylation is 1. The molecule has 0 fully saturated rings. The number of hydrogen-bond acceptors (Lipinski definition) is 6. The Labute approximate surface area is 107 Å².